The van der Waals surface area contributed by atoms with Crippen LogP contribution in [0.1, 0.15) is 16.2 Å². The van der Waals surface area contributed by atoms with E-state index in [1.165, 1.54) is 0 Å². The average Bonchev–Trinajstić information content (AvgIpc) is 2.80. The number of nitrogens with zero attached hydrogens (tertiary/aromatic N) is 4. The summed E-state index contributed by atoms with van der Waals surface area (Å²) >= 11 is 0.456. The van der Waals surface area contributed by atoms with Crippen LogP contribution in [0.2, 0.25) is 0 Å². The lowest BCUT2D eigenvalue weighted by Gasteiger charge is -2.06. The van der Waals surface area contributed by atoms with Crippen molar-refractivity contribution in [1.29, 1.82) is 0 Å². The summed E-state index contributed by atoms with van der Waals surface area (Å²) in [5.74, 6) is 2.38. The predicted octanol–water partition coefficient (Wildman–Crippen LogP) is 1.77. The topological polar surface area (TPSA) is 137 Å². The van der Waals surface area contributed by atoms with Gasteiger partial charge in [-0.1, -0.05) is 0 Å². The van der Waals surface area contributed by atoms with Crippen LogP contribution in [0.4, 0.5) is 18.9 Å². The number of benzene rings is 1. The first-order valence-electron chi connectivity index (χ1n) is 5.58. The first-order chi connectivity index (χ1) is 10.6. The summed E-state index contributed by atoms with van der Waals surface area (Å²) in [7, 11) is 0. The molecule has 0 unspecified atom stereocenters. The third-order valence-corrected chi connectivity index (χ3v) is 3.55. The van der Waals surface area contributed by atoms with Crippen molar-refractivity contribution in [2.24, 2.45) is 0 Å². The molecule has 0 bridgehead atoms. The van der Waals surface area contributed by atoms with Gasteiger partial charge in [0.15, 0.2) is 0 Å². The number of carboxylic acids is 1. The molecule has 23 heavy (non-hydrogen) atoms. The lowest BCUT2D eigenvalue weighted by Crippen LogP contribution is -2.21. The molecule has 13 heteroatoms. The highest BCUT2D eigenvalue weighted by atomic mass is 32.2. The van der Waals surface area contributed by atoms with Gasteiger partial charge in [0.25, 0.3) is 11.5 Å². The molecule has 0 fully saturated rings. The molecule has 0 aliphatic rings. The maximum Gasteiger partial charge on any atom is 0.453 e. The van der Waals surface area contributed by atoms with E-state index in [1.807, 2.05) is 0 Å². The van der Waals surface area contributed by atoms with Crippen LogP contribution in [0.5, 0.6) is 0 Å². The van der Waals surface area contributed by atoms with Gasteiger partial charge in [0.1, 0.15) is 0 Å². The number of nitro groups is 1. The highest BCUT2D eigenvalue weighted by Gasteiger charge is 2.38. The molecule has 0 amide bonds. The number of halogens is 3. The van der Waals surface area contributed by atoms with E-state index in [0.717, 1.165) is 18.2 Å². The number of carbonyl (C=O) groups is 1. The molecule has 0 aliphatic heterocycles. The predicted molar refractivity (Wildman–Crippen MR) is 69.4 cm³/mol. The zero-order valence-corrected chi connectivity index (χ0v) is 11.6. The van der Waals surface area contributed by atoms with Gasteiger partial charge in [-0.2, -0.15) is 13.2 Å². The number of nitro benzene ring substituents is 1. The minimum Gasteiger partial charge on any atom is -0.478 e. The molecule has 2 aromatic rings. The van der Waals surface area contributed by atoms with Gasteiger partial charge in [-0.25, -0.2) is 9.47 Å². The Morgan fingerprint density at radius 1 is 1.39 bits per heavy atom. The molecule has 3 N–H and O–H groups in total. The average molecular weight is 349 g/mol. The fraction of sp³-hybridized carbons (Fsp3) is 0.100. The van der Waals surface area contributed by atoms with E-state index < -0.39 is 33.7 Å². The lowest BCUT2D eigenvalue weighted by molar-refractivity contribution is -0.387. The molecule has 2 rings (SSSR count). The van der Waals surface area contributed by atoms with Gasteiger partial charge in [0.05, 0.1) is 15.4 Å². The molecule has 1 aromatic heterocycles. The van der Waals surface area contributed by atoms with Gasteiger partial charge in [-0.3, -0.25) is 10.1 Å². The Hall–Kier alpha value is -2.83. The Labute approximate surface area is 129 Å². The quantitative estimate of drug-likeness (QED) is 0.484. The van der Waals surface area contributed by atoms with Crippen LogP contribution < -0.4 is 5.84 Å². The second-order valence-electron chi connectivity index (χ2n) is 4.02. The van der Waals surface area contributed by atoms with E-state index >= 15 is 0 Å². The van der Waals surface area contributed by atoms with Gasteiger partial charge >= 0.3 is 12.1 Å². The lowest BCUT2D eigenvalue weighted by atomic mass is 10.2. The molecular weight excluding hydrogens is 343 g/mol. The third-order valence-electron chi connectivity index (χ3n) is 2.52. The Balaban J connectivity index is 2.43. The summed E-state index contributed by atoms with van der Waals surface area (Å²) < 4.78 is 37.8. The maximum atomic E-state index is 12.6. The molecule has 9 nitrogen and oxygen atoms in total. The Kier molecular flexibility index (Phi) is 4.14. The van der Waals surface area contributed by atoms with Gasteiger partial charge in [0, 0.05) is 6.07 Å². The number of rotatable bonds is 4. The normalized spacial score (nSPS) is 11.4. The van der Waals surface area contributed by atoms with Crippen LogP contribution in [0, 0.1) is 10.1 Å². The number of hydrogen-bond donors (Lipinski definition) is 2. The van der Waals surface area contributed by atoms with Crippen LogP contribution in [0.3, 0.4) is 0 Å². The van der Waals surface area contributed by atoms with Crippen molar-refractivity contribution < 1.29 is 28.0 Å². The van der Waals surface area contributed by atoms with Crippen LogP contribution in [-0.4, -0.2) is 30.9 Å². The molecule has 0 atom stereocenters. The highest BCUT2D eigenvalue weighted by molar-refractivity contribution is 7.99. The Morgan fingerprint density at radius 3 is 2.52 bits per heavy atom. The van der Waals surface area contributed by atoms with Crippen molar-refractivity contribution in [1.82, 2.24) is 14.9 Å². The zero-order chi connectivity index (χ0) is 17.4. The van der Waals surface area contributed by atoms with Gasteiger partial charge in [-0.15, -0.1) is 10.2 Å². The molecule has 0 saturated carbocycles. The van der Waals surface area contributed by atoms with Crippen molar-refractivity contribution in [3.63, 3.8) is 0 Å². The number of nitrogen functional groups attached to an aromatic ring is 1. The molecule has 1 heterocycles. The van der Waals surface area contributed by atoms with Gasteiger partial charge in [0.2, 0.25) is 5.16 Å². The third kappa shape index (κ3) is 3.33. The van der Waals surface area contributed by atoms with E-state index in [4.69, 9.17) is 10.9 Å². The fourth-order valence-electron chi connectivity index (χ4n) is 1.52. The van der Waals surface area contributed by atoms with Crippen LogP contribution in [-0.2, 0) is 6.18 Å². The number of aromatic carboxylic acids is 1. The largest absolute Gasteiger partial charge is 0.478 e. The smallest absolute Gasteiger partial charge is 0.453 e. The molecule has 0 spiro atoms. The summed E-state index contributed by atoms with van der Waals surface area (Å²) in [4.78, 5) is 20.8. The Morgan fingerprint density at radius 2 is 2.04 bits per heavy atom. The second-order valence-corrected chi connectivity index (χ2v) is 5.03. The van der Waals surface area contributed by atoms with Crippen LogP contribution >= 0.6 is 11.8 Å². The molecule has 0 radical (unpaired) electrons. The number of hydrogen-bond acceptors (Lipinski definition) is 7. The van der Waals surface area contributed by atoms with E-state index in [-0.39, 0.29) is 15.1 Å². The van der Waals surface area contributed by atoms with E-state index in [9.17, 15) is 28.1 Å². The molecule has 0 saturated heterocycles. The monoisotopic (exact) mass is 349 g/mol. The number of nitrogens with two attached hydrogens (primary N) is 1. The van der Waals surface area contributed by atoms with Crippen molar-refractivity contribution in [2.45, 2.75) is 16.2 Å². The molecular formula is C10H6F3N5O4S. The highest BCUT2D eigenvalue weighted by Crippen LogP contribution is 2.36. The minimum absolute atomic E-state index is 0.132. The number of aromatic nitrogens is 3. The minimum atomic E-state index is -4.83. The summed E-state index contributed by atoms with van der Waals surface area (Å²) in [6, 6.07) is 2.93. The number of carboxylic acid groups (broad SMARTS) is 1. The second kappa shape index (κ2) is 5.75. The van der Waals surface area contributed by atoms with Crippen LogP contribution in [0.15, 0.2) is 28.3 Å². The Bertz CT molecular complexity index is 791. The number of alkyl halides is 3. The van der Waals surface area contributed by atoms with Crippen molar-refractivity contribution in [3.8, 4) is 0 Å². The SMILES string of the molecule is Nn1c(Sc2ccc(C(=O)O)cc2[N+](=O)[O-])nnc1C(F)(F)F. The first kappa shape index (κ1) is 16.5. The summed E-state index contributed by atoms with van der Waals surface area (Å²) in [5.41, 5.74) is -0.947. The summed E-state index contributed by atoms with van der Waals surface area (Å²) in [6.07, 6.45) is -4.83. The van der Waals surface area contributed by atoms with Gasteiger partial charge in [-0.05, 0) is 23.9 Å². The fourth-order valence-corrected chi connectivity index (χ4v) is 2.35. The van der Waals surface area contributed by atoms with Crippen molar-refractivity contribution in [2.75, 3.05) is 5.84 Å². The molecule has 1 aromatic carbocycles. The molecule has 0 aliphatic carbocycles. The van der Waals surface area contributed by atoms with E-state index in [0.29, 0.717) is 11.8 Å². The van der Waals surface area contributed by atoms with Crippen molar-refractivity contribution >= 4 is 23.4 Å². The van der Waals surface area contributed by atoms with Crippen molar-refractivity contribution in [3.05, 3.63) is 39.7 Å². The van der Waals surface area contributed by atoms with E-state index in [1.54, 1.807) is 0 Å². The maximum absolute atomic E-state index is 12.6. The van der Waals surface area contributed by atoms with Crippen LogP contribution in [0.25, 0.3) is 0 Å². The summed E-state index contributed by atoms with van der Waals surface area (Å²) in [6.45, 7) is 0. The first-order valence-corrected chi connectivity index (χ1v) is 6.40. The van der Waals surface area contributed by atoms with E-state index in [2.05, 4.69) is 10.2 Å². The van der Waals surface area contributed by atoms with Gasteiger partial charge < -0.3 is 10.9 Å². The standard InChI is InChI=1S/C10H6F3N5O4S/c11-10(12,13)8-15-16-9(17(8)14)23-6-2-1-4(7(19)20)3-5(6)18(21)22/h1-3H,14H2,(H,19,20). The zero-order valence-electron chi connectivity index (χ0n) is 10.8. The summed E-state index contributed by atoms with van der Waals surface area (Å²) in [5, 5.41) is 25.5. The molecule has 122 valence electrons.